The van der Waals surface area contributed by atoms with Gasteiger partial charge in [0.2, 0.25) is 0 Å². The summed E-state index contributed by atoms with van der Waals surface area (Å²) in [5.41, 5.74) is 1.18. The highest BCUT2D eigenvalue weighted by molar-refractivity contribution is 7.71. The molecule has 4 rings (SSSR count). The van der Waals surface area contributed by atoms with Gasteiger partial charge in [0.05, 0.1) is 23.6 Å². The van der Waals surface area contributed by atoms with Crippen molar-refractivity contribution in [3.05, 3.63) is 39.2 Å². The minimum absolute atomic E-state index is 0.705. The molecule has 26 heavy (non-hydrogen) atoms. The molecule has 1 aliphatic heterocycles. The average Bonchev–Trinajstić information content (AvgIpc) is 3.35. The van der Waals surface area contributed by atoms with Crippen LogP contribution in [0, 0.1) is 11.7 Å². The maximum Gasteiger partial charge on any atom is 0.199 e. The fourth-order valence-electron chi connectivity index (χ4n) is 3.19. The van der Waals surface area contributed by atoms with Crippen LogP contribution in [-0.4, -0.2) is 55.3 Å². The Balaban J connectivity index is 1.37. The second-order valence-electron chi connectivity index (χ2n) is 6.54. The lowest BCUT2D eigenvalue weighted by Crippen LogP contribution is -2.46. The van der Waals surface area contributed by atoms with Gasteiger partial charge in [0.1, 0.15) is 0 Å². The number of hydrogen-bond acceptors (Lipinski definition) is 7. The van der Waals surface area contributed by atoms with Gasteiger partial charge in [-0.05, 0) is 31.3 Å². The number of aromatic nitrogens is 4. The summed E-state index contributed by atoms with van der Waals surface area (Å²) in [7, 11) is 1.93. The molecule has 138 valence electrons. The largest absolute Gasteiger partial charge is 0.461 e. The Morgan fingerprint density at radius 2 is 2.00 bits per heavy atom. The normalized spacial score (nSPS) is 16.4. The van der Waals surface area contributed by atoms with Crippen molar-refractivity contribution in [2.24, 2.45) is 7.05 Å². The maximum atomic E-state index is 5.55. The zero-order valence-electron chi connectivity index (χ0n) is 15.0. The second-order valence-corrected chi connectivity index (χ2v) is 7.96. The summed E-state index contributed by atoms with van der Waals surface area (Å²) in [5.74, 6) is 1.50. The molecular weight excluding hydrogens is 368 g/mol. The number of nitrogens with zero attached hydrogens (tertiary/aromatic N) is 6. The van der Waals surface area contributed by atoms with Crippen LogP contribution in [0.2, 0.25) is 0 Å². The van der Waals surface area contributed by atoms with Crippen LogP contribution in [0.1, 0.15) is 10.7 Å². The molecule has 0 amide bonds. The molecule has 7 nitrogen and oxygen atoms in total. The van der Waals surface area contributed by atoms with Crippen molar-refractivity contribution in [2.45, 2.75) is 20.1 Å². The van der Waals surface area contributed by atoms with E-state index in [2.05, 4.69) is 32.2 Å². The summed E-state index contributed by atoms with van der Waals surface area (Å²) >= 11 is 7.26. The van der Waals surface area contributed by atoms with Crippen molar-refractivity contribution < 1.29 is 4.42 Å². The van der Waals surface area contributed by atoms with E-state index < -0.39 is 0 Å². The van der Waals surface area contributed by atoms with Gasteiger partial charge in [0, 0.05) is 45.2 Å². The zero-order chi connectivity index (χ0) is 18.1. The third-order valence-corrected chi connectivity index (χ3v) is 5.94. The summed E-state index contributed by atoms with van der Waals surface area (Å²) in [6.07, 6.45) is 1.65. The predicted molar refractivity (Wildman–Crippen MR) is 103 cm³/mol. The first-order valence-corrected chi connectivity index (χ1v) is 9.92. The standard InChI is InChI=1S/C17H22N6OS2/c1-13-18-14(11-26-13)10-21-5-7-22(8-6-21)12-23-17(25)20(2)16(19-23)15-4-3-9-24-15/h3-4,9,11H,5-8,10,12H2,1-2H3. The first kappa shape index (κ1) is 17.6. The van der Waals surface area contributed by atoms with E-state index in [9.17, 15) is 0 Å². The molecule has 3 aromatic rings. The average molecular weight is 391 g/mol. The van der Waals surface area contributed by atoms with Gasteiger partial charge in [-0.25, -0.2) is 9.67 Å². The Morgan fingerprint density at radius 3 is 2.65 bits per heavy atom. The van der Waals surface area contributed by atoms with Gasteiger partial charge in [-0.15, -0.1) is 16.4 Å². The van der Waals surface area contributed by atoms with Gasteiger partial charge in [0.15, 0.2) is 16.4 Å². The van der Waals surface area contributed by atoms with Crippen molar-refractivity contribution in [3.8, 4) is 11.6 Å². The number of hydrogen-bond donors (Lipinski definition) is 0. The van der Waals surface area contributed by atoms with Gasteiger partial charge >= 0.3 is 0 Å². The van der Waals surface area contributed by atoms with Gasteiger partial charge < -0.3 is 8.98 Å². The van der Waals surface area contributed by atoms with Crippen LogP contribution in [0.25, 0.3) is 11.6 Å². The molecule has 4 heterocycles. The first-order chi connectivity index (χ1) is 12.6. The minimum atomic E-state index is 0.705. The Hall–Kier alpha value is -1.81. The van der Waals surface area contributed by atoms with Gasteiger partial charge in [-0.3, -0.25) is 9.80 Å². The lowest BCUT2D eigenvalue weighted by atomic mass is 10.3. The molecule has 0 aromatic carbocycles. The van der Waals surface area contributed by atoms with Gasteiger partial charge in [0.25, 0.3) is 0 Å². The summed E-state index contributed by atoms with van der Waals surface area (Å²) in [6.45, 7) is 7.75. The molecule has 3 aromatic heterocycles. The highest BCUT2D eigenvalue weighted by Crippen LogP contribution is 2.18. The van der Waals surface area contributed by atoms with Crippen LogP contribution in [0.4, 0.5) is 0 Å². The van der Waals surface area contributed by atoms with Gasteiger partial charge in [-0.2, -0.15) is 0 Å². The van der Waals surface area contributed by atoms with Crippen molar-refractivity contribution in [2.75, 3.05) is 26.2 Å². The van der Waals surface area contributed by atoms with Gasteiger partial charge in [-0.1, -0.05) is 0 Å². The van der Waals surface area contributed by atoms with E-state index in [0.29, 0.717) is 11.4 Å². The number of thiazole rings is 1. The van der Waals surface area contributed by atoms with Crippen molar-refractivity contribution in [3.63, 3.8) is 0 Å². The Kier molecular flexibility index (Phi) is 5.03. The van der Waals surface area contributed by atoms with E-state index >= 15 is 0 Å². The van der Waals surface area contributed by atoms with Crippen LogP contribution >= 0.6 is 23.6 Å². The molecule has 0 radical (unpaired) electrons. The van der Waals surface area contributed by atoms with Crippen LogP contribution in [0.5, 0.6) is 0 Å². The summed E-state index contributed by atoms with van der Waals surface area (Å²) in [5, 5.41) is 7.95. The summed E-state index contributed by atoms with van der Waals surface area (Å²) in [4.78, 5) is 9.41. The first-order valence-electron chi connectivity index (χ1n) is 8.63. The van der Waals surface area contributed by atoms with E-state index in [-0.39, 0.29) is 0 Å². The molecule has 0 spiro atoms. The quantitative estimate of drug-likeness (QED) is 0.625. The highest BCUT2D eigenvalue weighted by Gasteiger charge is 2.20. The SMILES string of the molecule is Cc1nc(CN2CCN(Cn3nc(-c4ccco4)n(C)c3=S)CC2)cs1. The van der Waals surface area contributed by atoms with E-state index in [0.717, 1.165) is 49.3 Å². The summed E-state index contributed by atoms with van der Waals surface area (Å²) < 4.78 is 9.95. The molecule has 0 unspecified atom stereocenters. The third kappa shape index (κ3) is 3.66. The van der Waals surface area contributed by atoms with E-state index in [1.807, 2.05) is 28.4 Å². The molecule has 0 bridgehead atoms. The third-order valence-electron chi connectivity index (χ3n) is 4.63. The minimum Gasteiger partial charge on any atom is -0.461 e. The van der Waals surface area contributed by atoms with E-state index in [4.69, 9.17) is 16.6 Å². The zero-order valence-corrected chi connectivity index (χ0v) is 16.6. The monoisotopic (exact) mass is 390 g/mol. The molecule has 0 N–H and O–H groups in total. The second kappa shape index (κ2) is 7.43. The molecule has 1 saturated heterocycles. The lowest BCUT2D eigenvalue weighted by molar-refractivity contribution is 0.0974. The molecule has 0 atom stereocenters. The number of rotatable bonds is 5. The number of piperazine rings is 1. The van der Waals surface area contributed by atoms with Crippen molar-refractivity contribution in [1.82, 2.24) is 29.1 Å². The predicted octanol–water partition coefficient (Wildman–Crippen LogP) is 2.75. The topological polar surface area (TPSA) is 55.3 Å². The fraction of sp³-hybridized carbons (Fsp3) is 0.471. The fourth-order valence-corrected chi connectivity index (χ4v) is 3.98. The van der Waals surface area contributed by atoms with Crippen molar-refractivity contribution >= 4 is 23.6 Å². The highest BCUT2D eigenvalue weighted by atomic mass is 32.1. The van der Waals surface area contributed by atoms with E-state index in [1.165, 1.54) is 5.69 Å². The Morgan fingerprint density at radius 1 is 1.23 bits per heavy atom. The summed E-state index contributed by atoms with van der Waals surface area (Å²) in [6, 6.07) is 3.76. The Labute approximate surface area is 161 Å². The molecule has 1 fully saturated rings. The molecular formula is C17H22N6OS2. The number of furan rings is 1. The van der Waals surface area contributed by atoms with Crippen LogP contribution < -0.4 is 0 Å². The molecule has 9 heteroatoms. The van der Waals surface area contributed by atoms with Crippen LogP contribution in [0.3, 0.4) is 0 Å². The smallest absolute Gasteiger partial charge is 0.199 e. The number of aryl methyl sites for hydroxylation is 1. The lowest BCUT2D eigenvalue weighted by Gasteiger charge is -2.34. The van der Waals surface area contributed by atoms with Crippen LogP contribution in [-0.2, 0) is 20.3 Å². The molecule has 0 saturated carbocycles. The van der Waals surface area contributed by atoms with E-state index in [1.54, 1.807) is 17.6 Å². The van der Waals surface area contributed by atoms with Crippen LogP contribution in [0.15, 0.2) is 28.2 Å². The molecule has 1 aliphatic rings. The van der Waals surface area contributed by atoms with Crippen molar-refractivity contribution in [1.29, 1.82) is 0 Å². The maximum absolute atomic E-state index is 5.55. The molecule has 0 aliphatic carbocycles. The Bertz CT molecular complexity index is 918.